The molecular weight excluding hydrogens is 276 g/mol. The SMILES string of the molecule is CC(O)CSC1CCCc2c(OCC(=O)O)cccc21. The fraction of sp³-hybridized carbons (Fsp3) is 0.533. The van der Waals surface area contributed by atoms with E-state index in [-0.39, 0.29) is 12.7 Å². The molecule has 2 rings (SSSR count). The van der Waals surface area contributed by atoms with Crippen molar-refractivity contribution in [1.29, 1.82) is 0 Å². The van der Waals surface area contributed by atoms with Gasteiger partial charge >= 0.3 is 5.97 Å². The number of carboxylic acids is 1. The molecule has 4 nitrogen and oxygen atoms in total. The highest BCUT2D eigenvalue weighted by Gasteiger charge is 2.23. The average molecular weight is 296 g/mol. The Morgan fingerprint density at radius 1 is 1.55 bits per heavy atom. The second-order valence-electron chi connectivity index (χ2n) is 5.07. The van der Waals surface area contributed by atoms with Crippen molar-refractivity contribution in [3.63, 3.8) is 0 Å². The van der Waals surface area contributed by atoms with E-state index in [1.165, 1.54) is 5.56 Å². The summed E-state index contributed by atoms with van der Waals surface area (Å²) in [6, 6.07) is 5.84. The first kappa shape index (κ1) is 15.2. The van der Waals surface area contributed by atoms with Gasteiger partial charge in [-0.1, -0.05) is 12.1 Å². The molecule has 2 atom stereocenters. The predicted octanol–water partition coefficient (Wildman–Crippen LogP) is 2.64. The van der Waals surface area contributed by atoms with E-state index in [0.29, 0.717) is 16.8 Å². The third-order valence-corrected chi connectivity index (χ3v) is 4.87. The molecule has 1 aromatic rings. The lowest BCUT2D eigenvalue weighted by Gasteiger charge is -2.27. The molecule has 0 saturated heterocycles. The Hall–Kier alpha value is -1.20. The lowest BCUT2D eigenvalue weighted by molar-refractivity contribution is -0.139. The van der Waals surface area contributed by atoms with Gasteiger partial charge in [0.25, 0.3) is 0 Å². The first-order valence-electron chi connectivity index (χ1n) is 6.84. The van der Waals surface area contributed by atoms with Crippen LogP contribution < -0.4 is 4.74 Å². The van der Waals surface area contributed by atoms with Crippen LogP contribution in [0.25, 0.3) is 0 Å². The standard InChI is InChI=1S/C15H20O4S/c1-10(16)9-20-14-7-3-4-11-12(14)5-2-6-13(11)19-8-15(17)18/h2,5-6,10,14,16H,3-4,7-9H2,1H3,(H,17,18). The number of fused-ring (bicyclic) bond motifs is 1. The van der Waals surface area contributed by atoms with Crippen molar-refractivity contribution in [3.8, 4) is 5.75 Å². The minimum absolute atomic E-state index is 0.304. The van der Waals surface area contributed by atoms with Gasteiger partial charge in [-0.25, -0.2) is 4.79 Å². The molecule has 1 aliphatic rings. The largest absolute Gasteiger partial charge is 0.482 e. The van der Waals surface area contributed by atoms with Crippen LogP contribution in [0, 0.1) is 0 Å². The molecule has 110 valence electrons. The molecule has 0 aliphatic heterocycles. The van der Waals surface area contributed by atoms with E-state index in [4.69, 9.17) is 9.84 Å². The van der Waals surface area contributed by atoms with Gasteiger partial charge in [0.1, 0.15) is 5.75 Å². The predicted molar refractivity (Wildman–Crippen MR) is 79.4 cm³/mol. The summed E-state index contributed by atoms with van der Waals surface area (Å²) in [6.45, 7) is 1.49. The van der Waals surface area contributed by atoms with Gasteiger partial charge in [0, 0.05) is 11.0 Å². The molecule has 0 saturated carbocycles. The maximum Gasteiger partial charge on any atom is 0.341 e. The van der Waals surface area contributed by atoms with Crippen LogP contribution in [0.15, 0.2) is 18.2 Å². The number of carbonyl (C=O) groups is 1. The van der Waals surface area contributed by atoms with Gasteiger partial charge in [0.2, 0.25) is 0 Å². The van der Waals surface area contributed by atoms with E-state index >= 15 is 0 Å². The van der Waals surface area contributed by atoms with Crippen molar-refractivity contribution < 1.29 is 19.7 Å². The zero-order valence-corrected chi connectivity index (χ0v) is 12.4. The molecule has 0 amide bonds. The molecule has 0 spiro atoms. The van der Waals surface area contributed by atoms with Gasteiger partial charge in [-0.2, -0.15) is 11.8 Å². The Kier molecular flexibility index (Phi) is 5.31. The first-order valence-corrected chi connectivity index (χ1v) is 7.89. The number of aliphatic hydroxyl groups excluding tert-OH is 1. The third-order valence-electron chi connectivity index (χ3n) is 3.30. The normalized spacial score (nSPS) is 19.2. The topological polar surface area (TPSA) is 66.8 Å². The fourth-order valence-electron chi connectivity index (χ4n) is 2.47. The fourth-order valence-corrected chi connectivity index (χ4v) is 3.72. The average Bonchev–Trinajstić information content (AvgIpc) is 2.42. The van der Waals surface area contributed by atoms with Crippen LogP contribution in [0.4, 0.5) is 0 Å². The van der Waals surface area contributed by atoms with Crippen molar-refractivity contribution >= 4 is 17.7 Å². The molecular formula is C15H20O4S. The molecule has 2 N–H and O–H groups in total. The molecule has 2 unspecified atom stereocenters. The van der Waals surface area contributed by atoms with Crippen LogP contribution in [-0.4, -0.2) is 34.6 Å². The summed E-state index contributed by atoms with van der Waals surface area (Å²) in [6.07, 6.45) is 2.78. The highest BCUT2D eigenvalue weighted by atomic mass is 32.2. The summed E-state index contributed by atoms with van der Waals surface area (Å²) < 4.78 is 5.38. The Morgan fingerprint density at radius 3 is 3.05 bits per heavy atom. The van der Waals surface area contributed by atoms with Gasteiger partial charge < -0.3 is 14.9 Å². The van der Waals surface area contributed by atoms with Crippen molar-refractivity contribution in [3.05, 3.63) is 29.3 Å². The second kappa shape index (κ2) is 6.99. The molecule has 1 aromatic carbocycles. The highest BCUT2D eigenvalue weighted by molar-refractivity contribution is 7.99. The molecule has 0 bridgehead atoms. The van der Waals surface area contributed by atoms with E-state index in [2.05, 4.69) is 6.07 Å². The van der Waals surface area contributed by atoms with Crippen LogP contribution in [-0.2, 0) is 11.2 Å². The maximum atomic E-state index is 10.6. The van der Waals surface area contributed by atoms with Crippen LogP contribution in [0.5, 0.6) is 5.75 Å². The van der Waals surface area contributed by atoms with Crippen molar-refractivity contribution in [2.24, 2.45) is 0 Å². The van der Waals surface area contributed by atoms with Gasteiger partial charge in [0.05, 0.1) is 6.10 Å². The van der Waals surface area contributed by atoms with Crippen LogP contribution >= 0.6 is 11.8 Å². The van der Waals surface area contributed by atoms with Crippen molar-refractivity contribution in [2.75, 3.05) is 12.4 Å². The number of benzene rings is 1. The highest BCUT2D eigenvalue weighted by Crippen LogP contribution is 2.42. The van der Waals surface area contributed by atoms with Crippen LogP contribution in [0.3, 0.4) is 0 Å². The monoisotopic (exact) mass is 296 g/mol. The second-order valence-corrected chi connectivity index (χ2v) is 6.31. The van der Waals surface area contributed by atoms with E-state index in [1.807, 2.05) is 12.1 Å². The van der Waals surface area contributed by atoms with Gasteiger partial charge in [0.15, 0.2) is 6.61 Å². The molecule has 0 radical (unpaired) electrons. The number of hydrogen-bond donors (Lipinski definition) is 2. The third kappa shape index (κ3) is 3.90. The van der Waals surface area contributed by atoms with Crippen LogP contribution in [0.2, 0.25) is 0 Å². The molecule has 0 aromatic heterocycles. The van der Waals surface area contributed by atoms with Crippen molar-refractivity contribution in [2.45, 2.75) is 37.5 Å². The number of aliphatic hydroxyl groups is 1. The summed E-state index contributed by atoms with van der Waals surface area (Å²) in [5.74, 6) is 0.440. The molecule has 0 heterocycles. The van der Waals surface area contributed by atoms with E-state index in [1.54, 1.807) is 18.7 Å². The maximum absolute atomic E-state index is 10.6. The van der Waals surface area contributed by atoms with Crippen LogP contribution in [0.1, 0.15) is 36.1 Å². The zero-order valence-electron chi connectivity index (χ0n) is 11.5. The summed E-state index contributed by atoms with van der Waals surface area (Å²) in [7, 11) is 0. The molecule has 0 fully saturated rings. The number of hydrogen-bond acceptors (Lipinski definition) is 4. The number of ether oxygens (including phenoxy) is 1. The van der Waals surface area contributed by atoms with Crippen molar-refractivity contribution in [1.82, 2.24) is 0 Å². The van der Waals surface area contributed by atoms with Gasteiger partial charge in [-0.3, -0.25) is 0 Å². The molecule has 5 heteroatoms. The number of rotatable bonds is 6. The number of carboxylic acid groups (broad SMARTS) is 1. The smallest absolute Gasteiger partial charge is 0.341 e. The Labute approximate surface area is 123 Å². The Morgan fingerprint density at radius 2 is 2.35 bits per heavy atom. The van der Waals surface area contributed by atoms with Gasteiger partial charge in [-0.15, -0.1) is 0 Å². The minimum Gasteiger partial charge on any atom is -0.482 e. The number of aliphatic carboxylic acids is 1. The van der Waals surface area contributed by atoms with E-state index in [9.17, 15) is 9.90 Å². The summed E-state index contributed by atoms with van der Waals surface area (Å²) >= 11 is 1.76. The molecule has 1 aliphatic carbocycles. The summed E-state index contributed by atoms with van der Waals surface area (Å²) in [5.41, 5.74) is 2.35. The van der Waals surface area contributed by atoms with E-state index < -0.39 is 5.97 Å². The quantitative estimate of drug-likeness (QED) is 0.844. The van der Waals surface area contributed by atoms with Gasteiger partial charge in [-0.05, 0) is 43.4 Å². The zero-order chi connectivity index (χ0) is 14.5. The summed E-state index contributed by atoms with van der Waals surface area (Å²) in [4.78, 5) is 10.6. The minimum atomic E-state index is -0.960. The summed E-state index contributed by atoms with van der Waals surface area (Å²) in [5, 5.41) is 18.5. The first-order chi connectivity index (χ1) is 9.58. The molecule has 20 heavy (non-hydrogen) atoms. The lowest BCUT2D eigenvalue weighted by atomic mass is 9.90. The Bertz CT molecular complexity index is 473. The Balaban J connectivity index is 2.15. The lowest BCUT2D eigenvalue weighted by Crippen LogP contribution is -2.15. The number of thioether (sulfide) groups is 1. The van der Waals surface area contributed by atoms with E-state index in [0.717, 1.165) is 24.8 Å².